The Balaban J connectivity index is 1.65. The smallest absolute Gasteiger partial charge is 0.222 e. The lowest BCUT2D eigenvalue weighted by Crippen LogP contribution is -2.27. The highest BCUT2D eigenvalue weighted by molar-refractivity contribution is 6.30. The molecule has 188 valence electrons. The molecule has 2 amide bonds. The molecule has 0 saturated carbocycles. The van der Waals surface area contributed by atoms with Crippen molar-refractivity contribution in [1.29, 1.82) is 0 Å². The van der Waals surface area contributed by atoms with Crippen molar-refractivity contribution in [2.45, 2.75) is 39.2 Å². The van der Waals surface area contributed by atoms with Crippen LogP contribution in [0, 0.1) is 6.92 Å². The zero-order valence-electron chi connectivity index (χ0n) is 20.5. The summed E-state index contributed by atoms with van der Waals surface area (Å²) in [6.07, 6.45) is 1.66. The number of carbonyl (C=O) groups excluding carboxylic acids is 2. The minimum absolute atomic E-state index is 0.0558. The van der Waals surface area contributed by atoms with Crippen molar-refractivity contribution in [1.82, 2.24) is 25.4 Å². The highest BCUT2D eigenvalue weighted by Gasteiger charge is 2.30. The van der Waals surface area contributed by atoms with Gasteiger partial charge in [0.25, 0.3) is 0 Å². The molecule has 1 aliphatic rings. The van der Waals surface area contributed by atoms with Crippen LogP contribution in [0.15, 0.2) is 47.5 Å². The number of aliphatic imine (C=N–C) groups is 1. The first-order valence-corrected chi connectivity index (χ1v) is 12.2. The van der Waals surface area contributed by atoms with Gasteiger partial charge in [0.2, 0.25) is 11.8 Å². The van der Waals surface area contributed by atoms with Crippen molar-refractivity contribution < 1.29 is 14.3 Å². The second-order valence-corrected chi connectivity index (χ2v) is 9.00. The van der Waals surface area contributed by atoms with Crippen LogP contribution in [-0.2, 0) is 9.59 Å². The average Bonchev–Trinajstić information content (AvgIpc) is 3.18. The molecule has 0 bridgehead atoms. The Kier molecular flexibility index (Phi) is 8.00. The zero-order valence-corrected chi connectivity index (χ0v) is 21.3. The number of carbonyl (C=O) groups is 2. The molecule has 10 heteroatoms. The monoisotopic (exact) mass is 508 g/mol. The molecule has 0 saturated heterocycles. The lowest BCUT2D eigenvalue weighted by molar-refractivity contribution is -0.121. The number of nitrogens with one attached hydrogen (secondary N) is 2. The van der Waals surface area contributed by atoms with Gasteiger partial charge in [-0.1, -0.05) is 23.7 Å². The molecular formula is C26H29ClN6O3. The van der Waals surface area contributed by atoms with Gasteiger partial charge in [0.15, 0.2) is 5.82 Å². The minimum atomic E-state index is -0.547. The van der Waals surface area contributed by atoms with Crippen LogP contribution >= 0.6 is 11.6 Å². The number of hydrogen-bond donors (Lipinski definition) is 2. The summed E-state index contributed by atoms with van der Waals surface area (Å²) >= 11 is 6.14. The maximum absolute atomic E-state index is 12.9. The van der Waals surface area contributed by atoms with Gasteiger partial charge in [0.1, 0.15) is 17.6 Å². The third-order valence-electron chi connectivity index (χ3n) is 5.93. The van der Waals surface area contributed by atoms with Gasteiger partial charge in [0.05, 0.1) is 24.9 Å². The molecule has 0 spiro atoms. The summed E-state index contributed by atoms with van der Waals surface area (Å²) in [6.45, 7) is 4.47. The van der Waals surface area contributed by atoms with Crippen molar-refractivity contribution in [3.63, 3.8) is 0 Å². The maximum Gasteiger partial charge on any atom is 0.222 e. The van der Waals surface area contributed by atoms with Crippen LogP contribution in [0.4, 0.5) is 0 Å². The van der Waals surface area contributed by atoms with Crippen LogP contribution in [0.5, 0.6) is 5.75 Å². The summed E-state index contributed by atoms with van der Waals surface area (Å²) in [5.74, 6) is 1.81. The summed E-state index contributed by atoms with van der Waals surface area (Å²) in [6, 6.07) is 12.7. The van der Waals surface area contributed by atoms with Gasteiger partial charge >= 0.3 is 0 Å². The van der Waals surface area contributed by atoms with Crippen LogP contribution in [0.2, 0.25) is 5.02 Å². The Labute approximate surface area is 214 Å². The number of unbranched alkanes of at least 4 members (excludes halogenated alkanes) is 1. The van der Waals surface area contributed by atoms with Crippen molar-refractivity contribution >= 4 is 29.1 Å². The van der Waals surface area contributed by atoms with Crippen molar-refractivity contribution in [2.75, 3.05) is 20.2 Å². The average molecular weight is 509 g/mol. The zero-order chi connectivity index (χ0) is 25.7. The molecule has 9 nitrogen and oxygen atoms in total. The van der Waals surface area contributed by atoms with Gasteiger partial charge in [-0.05, 0) is 50.1 Å². The molecule has 36 heavy (non-hydrogen) atoms. The number of halogens is 1. The van der Waals surface area contributed by atoms with Crippen LogP contribution in [0.25, 0.3) is 5.69 Å². The van der Waals surface area contributed by atoms with E-state index in [2.05, 4.69) is 20.8 Å². The predicted octanol–water partition coefficient (Wildman–Crippen LogP) is 3.55. The van der Waals surface area contributed by atoms with E-state index in [1.54, 1.807) is 7.11 Å². The Morgan fingerprint density at radius 3 is 2.47 bits per heavy atom. The Morgan fingerprint density at radius 1 is 1.06 bits per heavy atom. The number of aromatic nitrogens is 3. The molecule has 4 rings (SSSR count). The number of fused-ring (bicyclic) bond motifs is 3. The summed E-state index contributed by atoms with van der Waals surface area (Å²) in [5.41, 5.74) is 3.30. The van der Waals surface area contributed by atoms with E-state index in [0.717, 1.165) is 35.4 Å². The number of benzene rings is 2. The third kappa shape index (κ3) is 5.73. The van der Waals surface area contributed by atoms with Gasteiger partial charge in [-0.15, -0.1) is 10.2 Å². The van der Waals surface area contributed by atoms with Crippen LogP contribution in [0.1, 0.15) is 55.0 Å². The number of rotatable bonds is 9. The van der Waals surface area contributed by atoms with Gasteiger partial charge in [-0.25, -0.2) is 0 Å². The van der Waals surface area contributed by atoms with E-state index < -0.39 is 6.04 Å². The third-order valence-corrected chi connectivity index (χ3v) is 6.18. The van der Waals surface area contributed by atoms with Crippen molar-refractivity contribution in [2.24, 2.45) is 4.99 Å². The van der Waals surface area contributed by atoms with E-state index in [1.165, 1.54) is 6.92 Å². The fraction of sp³-hybridized carbons (Fsp3) is 0.346. The highest BCUT2D eigenvalue weighted by Crippen LogP contribution is 2.34. The molecule has 3 aromatic rings. The van der Waals surface area contributed by atoms with Crippen LogP contribution < -0.4 is 15.4 Å². The largest absolute Gasteiger partial charge is 0.497 e. The van der Waals surface area contributed by atoms with Crippen molar-refractivity contribution in [3.05, 3.63) is 70.3 Å². The van der Waals surface area contributed by atoms with E-state index >= 15 is 0 Å². The SMILES string of the molecule is COc1ccc2c(c1)C(c1ccc(Cl)cc1)=N[C@@H](CC(=O)NCCCCNC(C)=O)c1nnc(C)n1-2. The number of ether oxygens (including phenoxy) is 1. The molecule has 1 aliphatic heterocycles. The summed E-state index contributed by atoms with van der Waals surface area (Å²) in [7, 11) is 1.62. The number of hydrogen-bond acceptors (Lipinski definition) is 6. The number of aryl methyl sites for hydroxylation is 1. The summed E-state index contributed by atoms with van der Waals surface area (Å²) in [4.78, 5) is 28.9. The number of methoxy groups -OCH3 is 1. The second-order valence-electron chi connectivity index (χ2n) is 8.57. The Hall–Kier alpha value is -3.72. The van der Waals surface area contributed by atoms with E-state index in [1.807, 2.05) is 54.0 Å². The first-order chi connectivity index (χ1) is 17.4. The number of nitrogens with zero attached hydrogens (tertiary/aromatic N) is 4. The van der Waals surface area contributed by atoms with Gasteiger partial charge in [-0.2, -0.15) is 0 Å². The molecule has 0 fully saturated rings. The molecular weight excluding hydrogens is 480 g/mol. The van der Waals surface area contributed by atoms with E-state index in [4.69, 9.17) is 21.3 Å². The van der Waals surface area contributed by atoms with Crippen LogP contribution in [0.3, 0.4) is 0 Å². The van der Waals surface area contributed by atoms with Crippen LogP contribution in [-0.4, -0.2) is 52.5 Å². The maximum atomic E-state index is 12.9. The first-order valence-electron chi connectivity index (χ1n) is 11.8. The van der Waals surface area contributed by atoms with Gasteiger partial charge in [0, 0.05) is 36.2 Å². The molecule has 0 unspecified atom stereocenters. The Bertz CT molecular complexity index is 1290. The molecule has 2 heterocycles. The van der Waals surface area contributed by atoms with Crippen molar-refractivity contribution in [3.8, 4) is 11.4 Å². The fourth-order valence-corrected chi connectivity index (χ4v) is 4.29. The Morgan fingerprint density at radius 2 is 1.78 bits per heavy atom. The second kappa shape index (κ2) is 11.3. The molecule has 2 aromatic carbocycles. The van der Waals surface area contributed by atoms with E-state index in [0.29, 0.717) is 35.5 Å². The standard InChI is InChI=1S/C26H29ClN6O3/c1-16-31-32-26-22(15-24(35)29-13-5-4-12-28-17(2)34)30-25(18-6-8-19(27)9-7-18)21-14-20(36-3)10-11-23(21)33(16)26/h6-11,14,22H,4-5,12-13,15H2,1-3H3,(H,28,34)(H,29,35)/t22-/m0/s1. The summed E-state index contributed by atoms with van der Waals surface area (Å²) < 4.78 is 7.45. The van der Waals surface area contributed by atoms with Gasteiger partial charge in [-0.3, -0.25) is 19.1 Å². The topological polar surface area (TPSA) is 110 Å². The number of amides is 2. The van der Waals surface area contributed by atoms with E-state index in [9.17, 15) is 9.59 Å². The molecule has 1 aromatic heterocycles. The molecule has 1 atom stereocenters. The quantitative estimate of drug-likeness (QED) is 0.429. The normalized spacial score (nSPS) is 14.2. The first kappa shape index (κ1) is 25.4. The summed E-state index contributed by atoms with van der Waals surface area (Å²) in [5, 5.41) is 15.0. The minimum Gasteiger partial charge on any atom is -0.497 e. The van der Waals surface area contributed by atoms with E-state index in [-0.39, 0.29) is 18.2 Å². The predicted molar refractivity (Wildman–Crippen MR) is 138 cm³/mol. The highest BCUT2D eigenvalue weighted by atomic mass is 35.5. The lowest BCUT2D eigenvalue weighted by Gasteiger charge is -2.14. The molecule has 2 N–H and O–H groups in total. The van der Waals surface area contributed by atoms with Gasteiger partial charge < -0.3 is 15.4 Å². The molecule has 0 aliphatic carbocycles. The molecule has 0 radical (unpaired) electrons. The lowest BCUT2D eigenvalue weighted by atomic mass is 10.00. The fourth-order valence-electron chi connectivity index (χ4n) is 4.17.